The molecule has 0 aliphatic carbocycles. The van der Waals surface area contributed by atoms with Gasteiger partial charge >= 0.3 is 0 Å². The van der Waals surface area contributed by atoms with Crippen LogP contribution in [0.15, 0.2) is 11.1 Å². The molecule has 0 radical (unpaired) electrons. The minimum Gasteiger partial charge on any atom is -0.266 e. The topological polar surface area (TPSA) is 59.4 Å². The van der Waals surface area contributed by atoms with Gasteiger partial charge in [0.1, 0.15) is 10.3 Å². The van der Waals surface area contributed by atoms with E-state index in [-0.39, 0.29) is 15.9 Å². The van der Waals surface area contributed by atoms with Gasteiger partial charge in [0.15, 0.2) is 0 Å². The van der Waals surface area contributed by atoms with Gasteiger partial charge in [0, 0.05) is 0 Å². The third-order valence-electron chi connectivity index (χ3n) is 1.50. The van der Waals surface area contributed by atoms with Crippen molar-refractivity contribution in [2.45, 2.75) is 6.92 Å². The first-order chi connectivity index (χ1) is 6.56. The lowest BCUT2D eigenvalue weighted by molar-refractivity contribution is 0.100. The quantitative estimate of drug-likeness (QED) is 0.422. The van der Waals surface area contributed by atoms with Gasteiger partial charge in [-0.25, -0.2) is 9.78 Å². The fourth-order valence-corrected chi connectivity index (χ4v) is 1.56. The number of hydrogen-bond donors (Lipinski definition) is 0. The van der Waals surface area contributed by atoms with Crippen LogP contribution in [0.1, 0.15) is 15.9 Å². The van der Waals surface area contributed by atoms with E-state index in [1.54, 1.807) is 6.92 Å². The van der Waals surface area contributed by atoms with Gasteiger partial charge in [-0.05, 0) is 18.6 Å². The van der Waals surface area contributed by atoms with E-state index in [0.29, 0.717) is 5.56 Å². The molecule has 0 aliphatic heterocycles. The van der Waals surface area contributed by atoms with Gasteiger partial charge in [0.05, 0.1) is 5.56 Å². The van der Waals surface area contributed by atoms with E-state index < -0.39 is 5.91 Å². The Hall–Kier alpha value is -1.22. The summed E-state index contributed by atoms with van der Waals surface area (Å²) < 4.78 is 0. The number of hydrogen-bond acceptors (Lipinski definition) is 3. The van der Waals surface area contributed by atoms with Crippen LogP contribution in [0.4, 0.5) is 0 Å². The Morgan fingerprint density at radius 2 is 2.21 bits per heavy atom. The summed E-state index contributed by atoms with van der Waals surface area (Å²) >= 11 is 11.2. The molecule has 14 heavy (non-hydrogen) atoms. The summed E-state index contributed by atoms with van der Waals surface area (Å²) in [6, 6.07) is 1.46. The van der Waals surface area contributed by atoms with Gasteiger partial charge < -0.3 is 0 Å². The SMILES string of the molecule is Cc1cc(Cl)nc(Cl)c1C(=O)N=C=O. The first-order valence-electron chi connectivity index (χ1n) is 3.51. The van der Waals surface area contributed by atoms with Crippen LogP contribution in [-0.2, 0) is 4.79 Å². The van der Waals surface area contributed by atoms with Crippen molar-refractivity contribution < 1.29 is 9.59 Å². The molecule has 0 atom stereocenters. The number of aliphatic imine (C=N–C) groups is 1. The minimum absolute atomic E-state index is 0.0689. The van der Waals surface area contributed by atoms with Crippen molar-refractivity contribution in [3.05, 3.63) is 27.5 Å². The summed E-state index contributed by atoms with van der Waals surface area (Å²) in [7, 11) is 0. The van der Waals surface area contributed by atoms with Crippen LogP contribution in [0, 0.1) is 6.92 Å². The van der Waals surface area contributed by atoms with E-state index >= 15 is 0 Å². The molecular formula is C8H4Cl2N2O2. The van der Waals surface area contributed by atoms with Crippen LogP contribution >= 0.6 is 23.2 Å². The number of aryl methyl sites for hydroxylation is 1. The number of isocyanates is 1. The average Bonchev–Trinajstić information content (AvgIpc) is 2.01. The van der Waals surface area contributed by atoms with Crippen molar-refractivity contribution in [3.8, 4) is 0 Å². The van der Waals surface area contributed by atoms with E-state index in [1.165, 1.54) is 6.07 Å². The van der Waals surface area contributed by atoms with Crippen molar-refractivity contribution >= 4 is 35.2 Å². The molecular weight excluding hydrogens is 227 g/mol. The highest BCUT2D eigenvalue weighted by Crippen LogP contribution is 2.21. The number of rotatable bonds is 1. The number of carbonyl (C=O) groups excluding carboxylic acids is 2. The lowest BCUT2D eigenvalue weighted by Gasteiger charge is -2.02. The Bertz CT molecular complexity index is 416. The highest BCUT2D eigenvalue weighted by Gasteiger charge is 2.14. The van der Waals surface area contributed by atoms with Gasteiger partial charge in [-0.15, -0.1) is 4.99 Å². The normalized spacial score (nSPS) is 9.36. The maximum Gasteiger partial charge on any atom is 0.291 e. The molecule has 6 heteroatoms. The van der Waals surface area contributed by atoms with Gasteiger partial charge in [-0.2, -0.15) is 0 Å². The Labute approximate surface area is 89.6 Å². The molecule has 0 aromatic carbocycles. The predicted octanol–water partition coefficient (Wildman–Crippen LogP) is 2.17. The zero-order chi connectivity index (χ0) is 10.7. The van der Waals surface area contributed by atoms with E-state index in [2.05, 4.69) is 9.98 Å². The molecule has 0 bridgehead atoms. The van der Waals surface area contributed by atoms with Crippen molar-refractivity contribution in [3.63, 3.8) is 0 Å². The molecule has 1 aromatic heterocycles. The van der Waals surface area contributed by atoms with Gasteiger partial charge in [-0.1, -0.05) is 23.2 Å². The predicted molar refractivity (Wildman–Crippen MR) is 51.4 cm³/mol. The fourth-order valence-electron chi connectivity index (χ4n) is 0.950. The summed E-state index contributed by atoms with van der Waals surface area (Å²) in [5, 5.41) is 0.109. The molecule has 1 amide bonds. The molecule has 0 spiro atoms. The molecule has 0 N–H and O–H groups in total. The monoisotopic (exact) mass is 230 g/mol. The van der Waals surface area contributed by atoms with Crippen LogP contribution in [0.2, 0.25) is 10.3 Å². The van der Waals surface area contributed by atoms with Crippen LogP contribution in [0.3, 0.4) is 0 Å². The zero-order valence-corrected chi connectivity index (χ0v) is 8.56. The zero-order valence-electron chi connectivity index (χ0n) is 7.04. The molecule has 1 aromatic rings. The van der Waals surface area contributed by atoms with Crippen molar-refractivity contribution in [2.24, 2.45) is 4.99 Å². The van der Waals surface area contributed by atoms with E-state index in [1.807, 2.05) is 0 Å². The Morgan fingerprint density at radius 1 is 1.57 bits per heavy atom. The molecule has 0 aliphatic rings. The Balaban J connectivity index is 3.34. The summed E-state index contributed by atoms with van der Waals surface area (Å²) in [5.41, 5.74) is 0.582. The first-order valence-corrected chi connectivity index (χ1v) is 4.26. The number of halogens is 2. The first kappa shape index (κ1) is 10.9. The molecule has 1 rings (SSSR count). The summed E-state index contributed by atoms with van der Waals surface area (Å²) in [5.74, 6) is -0.772. The van der Waals surface area contributed by atoms with Gasteiger partial charge in [-0.3, -0.25) is 4.79 Å². The average molecular weight is 231 g/mol. The van der Waals surface area contributed by atoms with Crippen molar-refractivity contribution in [1.29, 1.82) is 0 Å². The summed E-state index contributed by atoms with van der Waals surface area (Å²) in [4.78, 5) is 27.7. The van der Waals surface area contributed by atoms with Gasteiger partial charge in [0.2, 0.25) is 6.08 Å². The molecule has 72 valence electrons. The molecule has 0 fully saturated rings. The number of amides is 1. The van der Waals surface area contributed by atoms with Crippen molar-refractivity contribution in [2.75, 3.05) is 0 Å². The second kappa shape index (κ2) is 4.33. The second-order valence-electron chi connectivity index (χ2n) is 2.44. The number of nitrogens with zero attached hydrogens (tertiary/aromatic N) is 2. The van der Waals surface area contributed by atoms with Crippen LogP contribution < -0.4 is 0 Å². The highest BCUT2D eigenvalue weighted by atomic mass is 35.5. The third kappa shape index (κ3) is 2.17. The molecule has 4 nitrogen and oxygen atoms in total. The molecule has 1 heterocycles. The van der Waals surface area contributed by atoms with Crippen LogP contribution in [-0.4, -0.2) is 17.0 Å². The third-order valence-corrected chi connectivity index (χ3v) is 1.97. The lowest BCUT2D eigenvalue weighted by atomic mass is 10.1. The van der Waals surface area contributed by atoms with Gasteiger partial charge in [0.25, 0.3) is 5.91 Å². The Kier molecular flexibility index (Phi) is 3.36. The highest BCUT2D eigenvalue weighted by molar-refractivity contribution is 6.35. The van der Waals surface area contributed by atoms with Crippen molar-refractivity contribution in [1.82, 2.24) is 4.98 Å². The molecule has 0 saturated heterocycles. The largest absolute Gasteiger partial charge is 0.291 e. The maximum atomic E-state index is 11.2. The summed E-state index contributed by atoms with van der Waals surface area (Å²) in [6.07, 6.45) is 1.14. The standard InChI is InChI=1S/C8H4Cl2N2O2/c1-4-2-5(9)12-7(10)6(4)8(14)11-3-13/h2H,1H3. The smallest absolute Gasteiger partial charge is 0.266 e. The number of carbonyl (C=O) groups is 1. The van der Waals surface area contributed by atoms with Crippen LogP contribution in [0.5, 0.6) is 0 Å². The van der Waals surface area contributed by atoms with E-state index in [9.17, 15) is 9.59 Å². The maximum absolute atomic E-state index is 11.2. The van der Waals surface area contributed by atoms with Crippen LogP contribution in [0.25, 0.3) is 0 Å². The molecule has 0 saturated carbocycles. The number of aromatic nitrogens is 1. The summed E-state index contributed by atoms with van der Waals surface area (Å²) in [6.45, 7) is 1.62. The second-order valence-corrected chi connectivity index (χ2v) is 3.18. The van der Waals surface area contributed by atoms with E-state index in [4.69, 9.17) is 23.2 Å². The Morgan fingerprint density at radius 3 is 2.71 bits per heavy atom. The molecule has 0 unspecified atom stereocenters. The number of pyridine rings is 1. The fraction of sp³-hybridized carbons (Fsp3) is 0.125. The lowest BCUT2D eigenvalue weighted by Crippen LogP contribution is -2.01. The minimum atomic E-state index is -0.772. The van der Waals surface area contributed by atoms with E-state index in [0.717, 1.165) is 6.08 Å².